The third kappa shape index (κ3) is 5.02. The van der Waals surface area contributed by atoms with E-state index in [4.69, 9.17) is 11.6 Å². The fraction of sp³-hybridized carbons (Fsp3) is 0.200. The molecule has 0 aliphatic rings. The van der Waals surface area contributed by atoms with Crippen LogP contribution < -0.4 is 5.32 Å². The van der Waals surface area contributed by atoms with Crippen molar-refractivity contribution in [1.29, 1.82) is 0 Å². The fourth-order valence-electron chi connectivity index (χ4n) is 2.58. The number of sulfonamides is 1. The summed E-state index contributed by atoms with van der Waals surface area (Å²) in [5.74, 6) is -0.263. The minimum absolute atomic E-state index is 0.0915. The van der Waals surface area contributed by atoms with E-state index in [0.29, 0.717) is 16.4 Å². The van der Waals surface area contributed by atoms with Crippen LogP contribution in [0.15, 0.2) is 52.7 Å². The number of thiazole rings is 1. The Bertz CT molecular complexity index is 1140. The third-order valence-electron chi connectivity index (χ3n) is 4.25. The molecule has 6 nitrogen and oxygen atoms in total. The van der Waals surface area contributed by atoms with Crippen LogP contribution in [0.4, 0.5) is 5.69 Å². The second-order valence-corrected chi connectivity index (χ2v) is 10.1. The zero-order valence-electron chi connectivity index (χ0n) is 16.1. The van der Waals surface area contributed by atoms with Crippen LogP contribution in [0.1, 0.15) is 11.3 Å². The molecule has 0 atom stereocenters. The van der Waals surface area contributed by atoms with Gasteiger partial charge in [0.15, 0.2) is 0 Å². The number of nitrogens with one attached hydrogen (secondary N) is 1. The van der Waals surface area contributed by atoms with Crippen molar-refractivity contribution in [2.45, 2.75) is 18.2 Å². The maximum atomic E-state index is 12.5. The van der Waals surface area contributed by atoms with Gasteiger partial charge in [0, 0.05) is 35.7 Å². The van der Waals surface area contributed by atoms with E-state index < -0.39 is 10.0 Å². The highest BCUT2D eigenvalue weighted by atomic mass is 35.5. The van der Waals surface area contributed by atoms with Gasteiger partial charge in [-0.3, -0.25) is 4.79 Å². The van der Waals surface area contributed by atoms with Gasteiger partial charge >= 0.3 is 0 Å². The molecule has 0 saturated heterocycles. The molecule has 29 heavy (non-hydrogen) atoms. The average Bonchev–Trinajstić information content (AvgIpc) is 3.12. The molecule has 1 heterocycles. The van der Waals surface area contributed by atoms with Crippen molar-refractivity contribution in [2.24, 2.45) is 0 Å². The fourth-order valence-corrected chi connectivity index (χ4v) is 4.46. The molecular weight excluding hydrogens is 430 g/mol. The topological polar surface area (TPSA) is 79.4 Å². The molecular formula is C20H20ClN3O3S2. The number of hydrogen-bond acceptors (Lipinski definition) is 5. The second kappa shape index (κ2) is 8.62. The molecule has 1 N–H and O–H groups in total. The summed E-state index contributed by atoms with van der Waals surface area (Å²) in [5, 5.41) is 6.09. The van der Waals surface area contributed by atoms with E-state index in [9.17, 15) is 13.2 Å². The average molecular weight is 450 g/mol. The molecule has 0 bridgehead atoms. The van der Waals surface area contributed by atoms with Crippen LogP contribution in [0.25, 0.3) is 10.6 Å². The standard InChI is InChI=1S/C20H20ClN3O3S2/c1-13-4-9-17(29(26,27)24(2)3)11-18(13)23-19(25)10-16-12-28-20(22-16)14-5-7-15(21)8-6-14/h4-9,11-12H,10H2,1-3H3,(H,23,25). The first-order valence-electron chi connectivity index (χ1n) is 8.70. The maximum absolute atomic E-state index is 12.5. The Morgan fingerprint density at radius 1 is 1.17 bits per heavy atom. The lowest BCUT2D eigenvalue weighted by Gasteiger charge is -2.14. The Morgan fingerprint density at radius 3 is 2.52 bits per heavy atom. The highest BCUT2D eigenvalue weighted by Crippen LogP contribution is 2.26. The lowest BCUT2D eigenvalue weighted by molar-refractivity contribution is -0.115. The predicted octanol–water partition coefficient (Wildman–Crippen LogP) is 4.20. The number of halogens is 1. The van der Waals surface area contributed by atoms with Gasteiger partial charge in [-0.15, -0.1) is 11.3 Å². The summed E-state index contributed by atoms with van der Waals surface area (Å²) < 4.78 is 25.8. The van der Waals surface area contributed by atoms with E-state index in [-0.39, 0.29) is 17.2 Å². The minimum atomic E-state index is -3.58. The van der Waals surface area contributed by atoms with E-state index in [2.05, 4.69) is 10.3 Å². The van der Waals surface area contributed by atoms with Crippen molar-refractivity contribution in [3.8, 4) is 10.6 Å². The lowest BCUT2D eigenvalue weighted by atomic mass is 10.2. The first-order chi connectivity index (χ1) is 13.7. The zero-order chi connectivity index (χ0) is 21.2. The number of carbonyl (C=O) groups is 1. The maximum Gasteiger partial charge on any atom is 0.242 e. The molecule has 9 heteroatoms. The molecule has 2 aromatic carbocycles. The Kier molecular flexibility index (Phi) is 6.38. The number of aromatic nitrogens is 1. The second-order valence-electron chi connectivity index (χ2n) is 6.64. The third-order valence-corrected chi connectivity index (χ3v) is 7.25. The Hall–Kier alpha value is -2.26. The van der Waals surface area contributed by atoms with Gasteiger partial charge in [0.05, 0.1) is 17.0 Å². The van der Waals surface area contributed by atoms with Crippen molar-refractivity contribution in [1.82, 2.24) is 9.29 Å². The number of hydrogen-bond donors (Lipinski definition) is 1. The van der Waals surface area contributed by atoms with Crippen LogP contribution in [0, 0.1) is 6.92 Å². The van der Waals surface area contributed by atoms with Crippen molar-refractivity contribution >= 4 is 44.6 Å². The van der Waals surface area contributed by atoms with Crippen molar-refractivity contribution in [3.05, 3.63) is 64.1 Å². The van der Waals surface area contributed by atoms with E-state index >= 15 is 0 Å². The molecule has 0 radical (unpaired) electrons. The predicted molar refractivity (Wildman–Crippen MR) is 117 cm³/mol. The number of benzene rings is 2. The van der Waals surface area contributed by atoms with Crippen LogP contribution in [0.5, 0.6) is 0 Å². The van der Waals surface area contributed by atoms with Crippen molar-refractivity contribution in [2.75, 3.05) is 19.4 Å². The van der Waals surface area contributed by atoms with E-state index in [1.54, 1.807) is 18.2 Å². The molecule has 3 aromatic rings. The first-order valence-corrected chi connectivity index (χ1v) is 11.4. The normalized spacial score (nSPS) is 11.6. The van der Waals surface area contributed by atoms with E-state index in [0.717, 1.165) is 20.4 Å². The van der Waals surface area contributed by atoms with Gasteiger partial charge < -0.3 is 5.32 Å². The highest BCUT2D eigenvalue weighted by Gasteiger charge is 2.19. The number of rotatable bonds is 6. The van der Waals surface area contributed by atoms with Gasteiger partial charge in [-0.05, 0) is 36.8 Å². The van der Waals surface area contributed by atoms with Gasteiger partial charge in [0.1, 0.15) is 5.01 Å². The molecule has 0 spiro atoms. The number of carbonyl (C=O) groups excluding carboxylic acids is 1. The summed E-state index contributed by atoms with van der Waals surface area (Å²) in [4.78, 5) is 17.1. The van der Waals surface area contributed by atoms with Crippen molar-refractivity contribution in [3.63, 3.8) is 0 Å². The smallest absolute Gasteiger partial charge is 0.242 e. The zero-order valence-corrected chi connectivity index (χ0v) is 18.5. The number of anilines is 1. The van der Waals surface area contributed by atoms with Gasteiger partial charge in [-0.2, -0.15) is 0 Å². The SMILES string of the molecule is Cc1ccc(S(=O)(=O)N(C)C)cc1NC(=O)Cc1csc(-c2ccc(Cl)cc2)n1. The first kappa shape index (κ1) is 21.4. The van der Waals surface area contributed by atoms with Gasteiger partial charge in [-0.25, -0.2) is 17.7 Å². The largest absolute Gasteiger partial charge is 0.325 e. The summed E-state index contributed by atoms with van der Waals surface area (Å²) in [5.41, 5.74) is 2.82. The number of nitrogens with zero attached hydrogens (tertiary/aromatic N) is 2. The number of amides is 1. The Labute approximate surface area is 179 Å². The van der Waals surface area contributed by atoms with Crippen LogP contribution in [0.3, 0.4) is 0 Å². The van der Waals surface area contributed by atoms with E-state index in [1.807, 2.05) is 24.4 Å². The highest BCUT2D eigenvalue weighted by molar-refractivity contribution is 7.89. The summed E-state index contributed by atoms with van der Waals surface area (Å²) in [6, 6.07) is 12.0. The number of aryl methyl sites for hydroxylation is 1. The lowest BCUT2D eigenvalue weighted by Crippen LogP contribution is -2.22. The van der Waals surface area contributed by atoms with E-state index in [1.165, 1.54) is 37.6 Å². The Balaban J connectivity index is 1.74. The van der Waals surface area contributed by atoms with Crippen molar-refractivity contribution < 1.29 is 13.2 Å². The summed E-state index contributed by atoms with van der Waals surface area (Å²) >= 11 is 7.36. The molecule has 0 aliphatic carbocycles. The van der Waals surface area contributed by atoms with Crippen LogP contribution in [-0.4, -0.2) is 37.7 Å². The quantitative estimate of drug-likeness (QED) is 0.611. The molecule has 1 aromatic heterocycles. The molecule has 0 unspecified atom stereocenters. The van der Waals surface area contributed by atoms with Crippen LogP contribution in [0.2, 0.25) is 5.02 Å². The summed E-state index contributed by atoms with van der Waals surface area (Å²) in [6.07, 6.45) is 0.0915. The van der Waals surface area contributed by atoms with Crippen LogP contribution >= 0.6 is 22.9 Å². The molecule has 0 saturated carbocycles. The molecule has 0 fully saturated rings. The summed E-state index contributed by atoms with van der Waals surface area (Å²) in [6.45, 7) is 1.81. The molecule has 1 amide bonds. The monoisotopic (exact) mass is 449 g/mol. The summed E-state index contributed by atoms with van der Waals surface area (Å²) in [7, 11) is -0.647. The molecule has 152 valence electrons. The van der Waals surface area contributed by atoms with Crippen LogP contribution in [-0.2, 0) is 21.2 Å². The molecule has 0 aliphatic heterocycles. The van der Waals surface area contributed by atoms with Gasteiger partial charge in [0.2, 0.25) is 15.9 Å². The molecule has 3 rings (SSSR count). The van der Waals surface area contributed by atoms with Gasteiger partial charge in [-0.1, -0.05) is 29.8 Å². The Morgan fingerprint density at radius 2 is 1.86 bits per heavy atom. The minimum Gasteiger partial charge on any atom is -0.325 e. The van der Waals surface area contributed by atoms with Gasteiger partial charge in [0.25, 0.3) is 0 Å².